The van der Waals surface area contributed by atoms with Gasteiger partial charge in [0.1, 0.15) is 5.37 Å². The van der Waals surface area contributed by atoms with Gasteiger partial charge in [0.05, 0.1) is 0 Å². The van der Waals surface area contributed by atoms with Gasteiger partial charge in [-0.1, -0.05) is 30.7 Å². The minimum absolute atomic E-state index is 0.145. The lowest BCUT2D eigenvalue weighted by molar-refractivity contribution is -0.130. The second-order valence-electron chi connectivity index (χ2n) is 3.72. The Balaban J connectivity index is 2.23. The number of rotatable bonds is 2. The quantitative estimate of drug-likeness (QED) is 0.808. The highest BCUT2D eigenvalue weighted by molar-refractivity contribution is 7.99. The minimum Gasteiger partial charge on any atom is -0.326 e. The number of carbonyl (C=O) groups excluding carboxylic acids is 1. The maximum atomic E-state index is 11.8. The summed E-state index contributed by atoms with van der Waals surface area (Å²) in [5.74, 6) is 1.22. The van der Waals surface area contributed by atoms with Crippen molar-refractivity contribution in [3.8, 4) is 0 Å². The molecule has 0 bridgehead atoms. The van der Waals surface area contributed by atoms with Gasteiger partial charge >= 0.3 is 0 Å². The van der Waals surface area contributed by atoms with Crippen LogP contribution in [0.25, 0.3) is 0 Å². The van der Waals surface area contributed by atoms with E-state index < -0.39 is 0 Å². The topological polar surface area (TPSA) is 20.3 Å². The zero-order valence-electron chi connectivity index (χ0n) is 9.15. The third-order valence-electron chi connectivity index (χ3n) is 2.65. The van der Waals surface area contributed by atoms with Gasteiger partial charge in [-0.15, -0.1) is 11.8 Å². The lowest BCUT2D eigenvalue weighted by atomic mass is 10.2. The maximum Gasteiger partial charge on any atom is 0.223 e. The summed E-state index contributed by atoms with van der Waals surface area (Å²) in [5.41, 5.74) is 1.12. The zero-order chi connectivity index (χ0) is 11.5. The summed E-state index contributed by atoms with van der Waals surface area (Å²) in [7, 11) is 0. The molecule has 1 aromatic carbocycles. The molecule has 2 rings (SSSR count). The largest absolute Gasteiger partial charge is 0.326 e. The van der Waals surface area contributed by atoms with E-state index in [1.165, 1.54) is 0 Å². The van der Waals surface area contributed by atoms with Gasteiger partial charge in [0.25, 0.3) is 0 Å². The highest BCUT2D eigenvalue weighted by atomic mass is 35.5. The highest BCUT2D eigenvalue weighted by Crippen LogP contribution is 2.38. The smallest absolute Gasteiger partial charge is 0.223 e. The molecule has 1 saturated heterocycles. The Morgan fingerprint density at radius 2 is 2.44 bits per heavy atom. The average Bonchev–Trinajstić information content (AvgIpc) is 2.77. The van der Waals surface area contributed by atoms with Crippen LogP contribution in [0.15, 0.2) is 24.3 Å². The van der Waals surface area contributed by atoms with Crippen molar-refractivity contribution in [2.75, 3.05) is 12.3 Å². The molecule has 1 aromatic rings. The Kier molecular flexibility index (Phi) is 3.77. The van der Waals surface area contributed by atoms with E-state index in [2.05, 4.69) is 0 Å². The van der Waals surface area contributed by atoms with E-state index in [-0.39, 0.29) is 11.3 Å². The van der Waals surface area contributed by atoms with Crippen molar-refractivity contribution in [2.24, 2.45) is 0 Å². The van der Waals surface area contributed by atoms with Gasteiger partial charge in [-0.05, 0) is 17.7 Å². The first-order valence-corrected chi connectivity index (χ1v) is 6.81. The number of carbonyl (C=O) groups is 1. The van der Waals surface area contributed by atoms with Crippen LogP contribution in [0.2, 0.25) is 5.02 Å². The van der Waals surface area contributed by atoms with Crippen molar-refractivity contribution in [3.63, 3.8) is 0 Å². The van der Waals surface area contributed by atoms with Crippen LogP contribution in [-0.2, 0) is 4.79 Å². The Morgan fingerprint density at radius 3 is 3.12 bits per heavy atom. The molecule has 0 saturated carbocycles. The molecule has 0 radical (unpaired) electrons. The predicted octanol–water partition coefficient (Wildman–Crippen LogP) is 3.32. The number of hydrogen-bond donors (Lipinski definition) is 0. The molecule has 1 fully saturated rings. The van der Waals surface area contributed by atoms with E-state index in [0.29, 0.717) is 6.42 Å². The van der Waals surface area contributed by atoms with Gasteiger partial charge in [0.15, 0.2) is 0 Å². The van der Waals surface area contributed by atoms with Crippen molar-refractivity contribution in [2.45, 2.75) is 18.7 Å². The monoisotopic (exact) mass is 255 g/mol. The molecule has 1 atom stereocenters. The summed E-state index contributed by atoms with van der Waals surface area (Å²) < 4.78 is 0. The Hall–Kier alpha value is -0.670. The second kappa shape index (κ2) is 5.11. The Labute approximate surface area is 105 Å². The van der Waals surface area contributed by atoms with Crippen LogP contribution >= 0.6 is 23.4 Å². The molecular weight excluding hydrogens is 242 g/mol. The lowest BCUT2D eigenvalue weighted by Crippen LogP contribution is -2.29. The minimum atomic E-state index is 0.145. The van der Waals surface area contributed by atoms with Crippen molar-refractivity contribution >= 4 is 29.3 Å². The van der Waals surface area contributed by atoms with Gasteiger partial charge in [-0.2, -0.15) is 0 Å². The SMILES string of the molecule is CCC(=O)N1CCS[C@H]1c1cccc(Cl)c1. The fourth-order valence-electron chi connectivity index (χ4n) is 1.86. The maximum absolute atomic E-state index is 11.8. The Morgan fingerprint density at radius 1 is 1.62 bits per heavy atom. The van der Waals surface area contributed by atoms with Crippen LogP contribution in [0.5, 0.6) is 0 Å². The molecule has 1 heterocycles. The van der Waals surface area contributed by atoms with E-state index in [0.717, 1.165) is 22.9 Å². The molecule has 0 aromatic heterocycles. The molecule has 1 aliphatic heterocycles. The molecule has 0 unspecified atom stereocenters. The molecule has 0 aliphatic carbocycles. The molecular formula is C12H14ClNOS. The van der Waals surface area contributed by atoms with Crippen molar-refractivity contribution in [1.82, 2.24) is 4.90 Å². The number of halogens is 1. The molecule has 0 spiro atoms. The predicted molar refractivity (Wildman–Crippen MR) is 68.7 cm³/mol. The van der Waals surface area contributed by atoms with E-state index in [9.17, 15) is 4.79 Å². The van der Waals surface area contributed by atoms with Crippen LogP contribution in [0.3, 0.4) is 0 Å². The molecule has 86 valence electrons. The normalized spacial score (nSPS) is 20.1. The molecule has 1 amide bonds. The van der Waals surface area contributed by atoms with E-state index >= 15 is 0 Å². The van der Waals surface area contributed by atoms with Crippen LogP contribution in [0, 0.1) is 0 Å². The van der Waals surface area contributed by atoms with Crippen LogP contribution in [0.4, 0.5) is 0 Å². The standard InChI is InChI=1S/C12H14ClNOS/c1-2-11(15)14-6-7-16-12(14)9-4-3-5-10(13)8-9/h3-5,8,12H,2,6-7H2,1H3/t12-/m0/s1. The fraction of sp³-hybridized carbons (Fsp3) is 0.417. The zero-order valence-corrected chi connectivity index (χ0v) is 10.7. The van der Waals surface area contributed by atoms with E-state index in [4.69, 9.17) is 11.6 Å². The number of nitrogens with zero attached hydrogens (tertiary/aromatic N) is 1. The summed E-state index contributed by atoms with van der Waals surface area (Å²) in [4.78, 5) is 13.7. The van der Waals surface area contributed by atoms with Gasteiger partial charge in [-0.25, -0.2) is 0 Å². The first kappa shape index (κ1) is 11.8. The number of thioether (sulfide) groups is 1. The summed E-state index contributed by atoms with van der Waals surface area (Å²) in [6.45, 7) is 2.74. The van der Waals surface area contributed by atoms with E-state index in [1.54, 1.807) is 11.8 Å². The first-order chi connectivity index (χ1) is 7.72. The molecule has 2 nitrogen and oxygen atoms in total. The molecule has 16 heavy (non-hydrogen) atoms. The van der Waals surface area contributed by atoms with Crippen LogP contribution < -0.4 is 0 Å². The van der Waals surface area contributed by atoms with Gasteiger partial charge in [0.2, 0.25) is 5.91 Å². The van der Waals surface area contributed by atoms with Crippen LogP contribution in [-0.4, -0.2) is 23.1 Å². The number of amides is 1. The van der Waals surface area contributed by atoms with Gasteiger partial charge in [0, 0.05) is 23.7 Å². The van der Waals surface area contributed by atoms with Crippen LogP contribution in [0.1, 0.15) is 24.3 Å². The van der Waals surface area contributed by atoms with Gasteiger partial charge < -0.3 is 4.90 Å². The summed E-state index contributed by atoms with van der Waals surface area (Å²) >= 11 is 7.77. The third-order valence-corrected chi connectivity index (χ3v) is 4.14. The third kappa shape index (κ3) is 2.36. The molecule has 0 N–H and O–H groups in total. The molecule has 1 aliphatic rings. The number of benzene rings is 1. The summed E-state index contributed by atoms with van der Waals surface area (Å²) in [6.07, 6.45) is 0.567. The van der Waals surface area contributed by atoms with Crippen molar-refractivity contribution in [3.05, 3.63) is 34.9 Å². The summed E-state index contributed by atoms with van der Waals surface area (Å²) in [5, 5.41) is 0.875. The first-order valence-electron chi connectivity index (χ1n) is 5.39. The van der Waals surface area contributed by atoms with Gasteiger partial charge in [-0.3, -0.25) is 4.79 Å². The Bertz CT molecular complexity index is 396. The molecule has 4 heteroatoms. The van der Waals surface area contributed by atoms with Crippen molar-refractivity contribution < 1.29 is 4.79 Å². The fourth-order valence-corrected chi connectivity index (χ4v) is 3.33. The number of hydrogen-bond acceptors (Lipinski definition) is 2. The lowest BCUT2D eigenvalue weighted by Gasteiger charge is -2.23. The average molecular weight is 256 g/mol. The van der Waals surface area contributed by atoms with Crippen molar-refractivity contribution in [1.29, 1.82) is 0 Å². The highest BCUT2D eigenvalue weighted by Gasteiger charge is 2.29. The van der Waals surface area contributed by atoms with E-state index in [1.807, 2.05) is 36.1 Å². The second-order valence-corrected chi connectivity index (χ2v) is 5.34. The summed E-state index contributed by atoms with van der Waals surface area (Å²) in [6, 6.07) is 7.77.